The first-order valence-corrected chi connectivity index (χ1v) is 8.71. The predicted octanol–water partition coefficient (Wildman–Crippen LogP) is 1.97. The van der Waals surface area contributed by atoms with Gasteiger partial charge in [0.25, 0.3) is 0 Å². The van der Waals surface area contributed by atoms with Gasteiger partial charge in [-0.2, -0.15) is 4.31 Å². The summed E-state index contributed by atoms with van der Waals surface area (Å²) in [5, 5.41) is 3.05. The Morgan fingerprint density at radius 1 is 1.22 bits per heavy atom. The zero-order chi connectivity index (χ0) is 13.6. The van der Waals surface area contributed by atoms with E-state index in [2.05, 4.69) is 12.2 Å². The molecule has 0 amide bonds. The number of rotatable bonds is 7. The SMILES string of the molecule is CCCCCN(C(C)C)S(=O)(=O)C1CCNCC1. The summed E-state index contributed by atoms with van der Waals surface area (Å²) < 4.78 is 27.0. The molecule has 0 spiro atoms. The third kappa shape index (κ3) is 4.21. The van der Waals surface area contributed by atoms with Crippen molar-refractivity contribution in [2.24, 2.45) is 0 Å². The highest BCUT2D eigenvalue weighted by molar-refractivity contribution is 7.89. The van der Waals surface area contributed by atoms with Crippen LogP contribution in [0.15, 0.2) is 0 Å². The topological polar surface area (TPSA) is 49.4 Å². The second-order valence-corrected chi connectivity index (χ2v) is 7.57. The van der Waals surface area contributed by atoms with E-state index in [1.54, 1.807) is 4.31 Å². The Balaban J connectivity index is 2.69. The number of nitrogens with zero attached hydrogens (tertiary/aromatic N) is 1. The summed E-state index contributed by atoms with van der Waals surface area (Å²) in [6.45, 7) is 8.42. The molecule has 0 unspecified atom stereocenters. The number of piperidine rings is 1. The first-order valence-electron chi connectivity index (χ1n) is 7.21. The van der Waals surface area contributed by atoms with Gasteiger partial charge in [0.1, 0.15) is 0 Å². The summed E-state index contributed by atoms with van der Waals surface area (Å²) in [5.74, 6) is 0. The molecule has 0 radical (unpaired) electrons. The van der Waals surface area contributed by atoms with Crippen LogP contribution < -0.4 is 5.32 Å². The monoisotopic (exact) mass is 276 g/mol. The van der Waals surface area contributed by atoms with Crippen molar-refractivity contribution in [1.82, 2.24) is 9.62 Å². The number of unbranched alkanes of at least 4 members (excludes halogenated alkanes) is 2. The molecule has 18 heavy (non-hydrogen) atoms. The molecule has 0 aromatic carbocycles. The maximum absolute atomic E-state index is 12.6. The molecule has 0 saturated carbocycles. The highest BCUT2D eigenvalue weighted by Crippen LogP contribution is 2.20. The van der Waals surface area contributed by atoms with Gasteiger partial charge in [-0.25, -0.2) is 8.42 Å². The van der Waals surface area contributed by atoms with Gasteiger partial charge in [-0.05, 0) is 46.2 Å². The van der Waals surface area contributed by atoms with Crippen molar-refractivity contribution in [2.75, 3.05) is 19.6 Å². The molecule has 0 atom stereocenters. The van der Waals surface area contributed by atoms with E-state index in [1.165, 1.54) is 0 Å². The zero-order valence-electron chi connectivity index (χ0n) is 12.0. The van der Waals surface area contributed by atoms with E-state index < -0.39 is 10.0 Å². The zero-order valence-corrected chi connectivity index (χ0v) is 12.8. The average molecular weight is 276 g/mol. The third-order valence-corrected chi connectivity index (χ3v) is 6.16. The minimum Gasteiger partial charge on any atom is -0.317 e. The molecule has 108 valence electrons. The minimum atomic E-state index is -3.11. The van der Waals surface area contributed by atoms with Crippen LogP contribution in [-0.2, 0) is 10.0 Å². The number of hydrogen-bond donors (Lipinski definition) is 1. The van der Waals surface area contributed by atoms with Gasteiger partial charge in [0, 0.05) is 12.6 Å². The van der Waals surface area contributed by atoms with E-state index in [9.17, 15) is 8.42 Å². The molecule has 0 aromatic heterocycles. The van der Waals surface area contributed by atoms with Gasteiger partial charge >= 0.3 is 0 Å². The van der Waals surface area contributed by atoms with Crippen molar-refractivity contribution in [2.45, 2.75) is 64.2 Å². The smallest absolute Gasteiger partial charge is 0.217 e. The summed E-state index contributed by atoms with van der Waals surface area (Å²) in [7, 11) is -3.11. The molecule has 1 fully saturated rings. The Morgan fingerprint density at radius 3 is 2.33 bits per heavy atom. The summed E-state index contributed by atoms with van der Waals surface area (Å²) in [6.07, 6.45) is 4.70. The van der Waals surface area contributed by atoms with Crippen molar-refractivity contribution in [3.8, 4) is 0 Å². The highest BCUT2D eigenvalue weighted by atomic mass is 32.2. The molecule has 5 heteroatoms. The van der Waals surface area contributed by atoms with Crippen LogP contribution in [0.1, 0.15) is 52.9 Å². The summed E-state index contributed by atoms with van der Waals surface area (Å²) in [4.78, 5) is 0. The average Bonchev–Trinajstić information content (AvgIpc) is 2.35. The second-order valence-electron chi connectivity index (χ2n) is 5.41. The van der Waals surface area contributed by atoms with Crippen molar-refractivity contribution in [1.29, 1.82) is 0 Å². The van der Waals surface area contributed by atoms with E-state index in [0.717, 1.165) is 45.2 Å². The van der Waals surface area contributed by atoms with Crippen molar-refractivity contribution in [3.05, 3.63) is 0 Å². The van der Waals surface area contributed by atoms with E-state index in [1.807, 2.05) is 13.8 Å². The fourth-order valence-electron chi connectivity index (χ4n) is 2.48. The summed E-state index contributed by atoms with van der Waals surface area (Å²) in [6, 6.07) is 0.0711. The minimum absolute atomic E-state index is 0.0711. The van der Waals surface area contributed by atoms with Crippen LogP contribution in [0.3, 0.4) is 0 Å². The molecular weight excluding hydrogens is 248 g/mol. The Bertz CT molecular complexity index is 322. The lowest BCUT2D eigenvalue weighted by Crippen LogP contribution is -2.46. The van der Waals surface area contributed by atoms with Gasteiger partial charge in [0.2, 0.25) is 10.0 Å². The Labute approximate surface area is 112 Å². The van der Waals surface area contributed by atoms with Crippen LogP contribution in [0.25, 0.3) is 0 Å². The largest absolute Gasteiger partial charge is 0.317 e. The fraction of sp³-hybridized carbons (Fsp3) is 1.00. The lowest BCUT2D eigenvalue weighted by molar-refractivity contribution is 0.334. The molecule has 1 N–H and O–H groups in total. The summed E-state index contributed by atoms with van der Waals surface area (Å²) >= 11 is 0. The Kier molecular flexibility index (Phi) is 6.60. The lowest BCUT2D eigenvalue weighted by Gasteiger charge is -2.32. The second kappa shape index (κ2) is 7.46. The van der Waals surface area contributed by atoms with Crippen LogP contribution in [0.2, 0.25) is 0 Å². The molecule has 1 aliphatic rings. The quantitative estimate of drug-likeness (QED) is 0.723. The molecular formula is C13H28N2O2S. The third-order valence-electron chi connectivity index (χ3n) is 3.59. The molecule has 0 aliphatic carbocycles. The molecule has 4 nitrogen and oxygen atoms in total. The molecule has 1 aliphatic heterocycles. The van der Waals surface area contributed by atoms with Crippen LogP contribution in [0.4, 0.5) is 0 Å². The van der Waals surface area contributed by atoms with Crippen LogP contribution in [0, 0.1) is 0 Å². The first-order chi connectivity index (χ1) is 8.50. The Hall–Kier alpha value is -0.130. The normalized spacial score (nSPS) is 18.7. The van der Waals surface area contributed by atoms with Crippen molar-refractivity contribution >= 4 is 10.0 Å². The molecule has 1 heterocycles. The van der Waals surface area contributed by atoms with Gasteiger partial charge in [-0.3, -0.25) is 0 Å². The maximum atomic E-state index is 12.6. The van der Waals surface area contributed by atoms with Crippen molar-refractivity contribution < 1.29 is 8.42 Å². The predicted molar refractivity (Wildman–Crippen MR) is 76.2 cm³/mol. The number of nitrogens with one attached hydrogen (secondary N) is 1. The maximum Gasteiger partial charge on any atom is 0.217 e. The Morgan fingerprint density at radius 2 is 1.83 bits per heavy atom. The van der Waals surface area contributed by atoms with Gasteiger partial charge in [-0.15, -0.1) is 0 Å². The van der Waals surface area contributed by atoms with Crippen LogP contribution in [0.5, 0.6) is 0 Å². The highest BCUT2D eigenvalue weighted by Gasteiger charge is 2.33. The van der Waals surface area contributed by atoms with E-state index >= 15 is 0 Å². The van der Waals surface area contributed by atoms with E-state index in [4.69, 9.17) is 0 Å². The van der Waals surface area contributed by atoms with Crippen molar-refractivity contribution in [3.63, 3.8) is 0 Å². The van der Waals surface area contributed by atoms with Gasteiger partial charge in [-0.1, -0.05) is 19.8 Å². The van der Waals surface area contributed by atoms with E-state index in [-0.39, 0.29) is 11.3 Å². The molecule has 1 saturated heterocycles. The van der Waals surface area contributed by atoms with Gasteiger partial charge < -0.3 is 5.32 Å². The van der Waals surface area contributed by atoms with E-state index in [0.29, 0.717) is 6.54 Å². The first kappa shape index (κ1) is 15.9. The van der Waals surface area contributed by atoms with Crippen LogP contribution >= 0.6 is 0 Å². The molecule has 0 aromatic rings. The number of sulfonamides is 1. The standard InChI is InChI=1S/C13H28N2O2S/c1-4-5-6-11-15(12(2)3)18(16,17)13-7-9-14-10-8-13/h12-14H,4-11H2,1-3H3. The van der Waals surface area contributed by atoms with Crippen LogP contribution in [-0.4, -0.2) is 43.6 Å². The fourth-order valence-corrected chi connectivity index (χ4v) is 4.67. The van der Waals surface area contributed by atoms with Gasteiger partial charge in [0.05, 0.1) is 5.25 Å². The molecule has 0 bridgehead atoms. The van der Waals surface area contributed by atoms with Gasteiger partial charge in [0.15, 0.2) is 0 Å². The lowest BCUT2D eigenvalue weighted by atomic mass is 10.2. The number of hydrogen-bond acceptors (Lipinski definition) is 3. The molecule has 1 rings (SSSR count). The summed E-state index contributed by atoms with van der Waals surface area (Å²) in [5.41, 5.74) is 0.